The lowest BCUT2D eigenvalue weighted by Gasteiger charge is -2.22. The molecule has 0 atom stereocenters. The first kappa shape index (κ1) is 18.8. The highest BCUT2D eigenvalue weighted by Gasteiger charge is 2.08. The summed E-state index contributed by atoms with van der Waals surface area (Å²) in [6, 6.07) is 7.54. The summed E-state index contributed by atoms with van der Waals surface area (Å²) in [5, 5.41) is 4.62. The Labute approximate surface area is 154 Å². The average Bonchev–Trinajstić information content (AvgIpc) is 2.57. The predicted octanol–water partition coefficient (Wildman–Crippen LogP) is 5.06. The van der Waals surface area contributed by atoms with Gasteiger partial charge in [-0.05, 0) is 43.0 Å². The first-order valence-corrected chi connectivity index (χ1v) is 9.15. The molecule has 0 fully saturated rings. The van der Waals surface area contributed by atoms with Crippen molar-refractivity contribution in [2.45, 2.75) is 33.1 Å². The Morgan fingerprint density at radius 3 is 2.50 bits per heavy atom. The van der Waals surface area contributed by atoms with Crippen LogP contribution in [0.5, 0.6) is 0 Å². The molecule has 0 aliphatic carbocycles. The molecule has 0 aliphatic rings. The molecule has 130 valence electrons. The van der Waals surface area contributed by atoms with Gasteiger partial charge in [-0.15, -0.1) is 0 Å². The third kappa shape index (κ3) is 5.53. The van der Waals surface area contributed by atoms with Gasteiger partial charge >= 0.3 is 0 Å². The van der Waals surface area contributed by atoms with Crippen molar-refractivity contribution in [3.05, 3.63) is 46.1 Å². The monoisotopic (exact) mass is 366 g/mol. The minimum Gasteiger partial charge on any atom is -0.356 e. The molecule has 0 saturated carbocycles. The third-order valence-corrected chi connectivity index (χ3v) is 4.23. The molecule has 0 saturated heterocycles. The van der Waals surface area contributed by atoms with E-state index in [1.165, 1.54) is 0 Å². The fraction of sp³-hybridized carbons (Fsp3) is 0.444. The normalized spacial score (nSPS) is 10.7. The van der Waals surface area contributed by atoms with E-state index in [-0.39, 0.29) is 0 Å². The van der Waals surface area contributed by atoms with Crippen LogP contribution in [0.15, 0.2) is 30.5 Å². The Hall–Kier alpha value is -1.52. The summed E-state index contributed by atoms with van der Waals surface area (Å²) in [5.74, 6) is 1.62. The van der Waals surface area contributed by atoms with Crippen molar-refractivity contribution in [2.24, 2.45) is 0 Å². The Kier molecular flexibility index (Phi) is 7.60. The maximum absolute atomic E-state index is 6.20. The molecule has 1 heterocycles. The van der Waals surface area contributed by atoms with Crippen molar-refractivity contribution in [3.8, 4) is 0 Å². The fourth-order valence-corrected chi connectivity index (χ4v) is 3.03. The van der Waals surface area contributed by atoms with Gasteiger partial charge < -0.3 is 10.2 Å². The summed E-state index contributed by atoms with van der Waals surface area (Å²) in [6.07, 6.45) is 4.79. The first-order chi connectivity index (χ1) is 11.6. The van der Waals surface area contributed by atoms with Crippen molar-refractivity contribution in [1.82, 2.24) is 9.97 Å². The molecule has 2 aromatic rings. The highest BCUT2D eigenvalue weighted by Crippen LogP contribution is 2.21. The van der Waals surface area contributed by atoms with Gasteiger partial charge in [-0.2, -0.15) is 4.98 Å². The van der Waals surface area contributed by atoms with Crippen LogP contribution in [0.1, 0.15) is 32.3 Å². The number of halogens is 2. The molecule has 24 heavy (non-hydrogen) atoms. The van der Waals surface area contributed by atoms with Crippen LogP contribution < -0.4 is 10.2 Å². The summed E-state index contributed by atoms with van der Waals surface area (Å²) >= 11 is 12.1. The molecule has 0 bridgehead atoms. The zero-order valence-corrected chi connectivity index (χ0v) is 15.7. The van der Waals surface area contributed by atoms with Gasteiger partial charge in [-0.1, -0.05) is 43.1 Å². The molecule has 1 aromatic carbocycles. The van der Waals surface area contributed by atoms with E-state index in [4.69, 9.17) is 23.2 Å². The van der Waals surface area contributed by atoms with Gasteiger partial charge in [0.1, 0.15) is 5.82 Å². The predicted molar refractivity (Wildman–Crippen MR) is 103 cm³/mol. The second-order valence-corrected chi connectivity index (χ2v) is 6.48. The quantitative estimate of drug-likeness (QED) is 0.672. The molecule has 2 rings (SSSR count). The Bertz CT molecular complexity index is 643. The van der Waals surface area contributed by atoms with Gasteiger partial charge in [-0.25, -0.2) is 4.98 Å². The Morgan fingerprint density at radius 2 is 1.83 bits per heavy atom. The molecule has 0 amide bonds. The molecule has 0 unspecified atom stereocenters. The van der Waals surface area contributed by atoms with Gasteiger partial charge in [0.15, 0.2) is 0 Å². The molecule has 0 aliphatic heterocycles. The van der Waals surface area contributed by atoms with Crippen molar-refractivity contribution in [1.29, 1.82) is 0 Å². The zero-order valence-electron chi connectivity index (χ0n) is 14.2. The maximum atomic E-state index is 6.20. The minimum atomic E-state index is 0.648. The van der Waals surface area contributed by atoms with E-state index in [1.54, 1.807) is 12.3 Å². The summed E-state index contributed by atoms with van der Waals surface area (Å²) in [6.45, 7) is 7.08. The average molecular weight is 367 g/mol. The Balaban J connectivity index is 1.96. The van der Waals surface area contributed by atoms with Gasteiger partial charge in [0.05, 0.1) is 0 Å². The molecule has 1 aromatic heterocycles. The van der Waals surface area contributed by atoms with Crippen LogP contribution in [0.4, 0.5) is 11.8 Å². The van der Waals surface area contributed by atoms with Crippen LogP contribution in [0, 0.1) is 0 Å². The van der Waals surface area contributed by atoms with E-state index in [2.05, 4.69) is 34.0 Å². The van der Waals surface area contributed by atoms with Crippen LogP contribution >= 0.6 is 23.2 Å². The van der Waals surface area contributed by atoms with E-state index in [0.717, 1.165) is 43.7 Å². The standard InChI is InChI=1S/C18H24Cl2N4/c1-3-11-24(12-4-2)17-8-10-22-18(23-17)21-9-7-14-5-6-15(19)13-16(14)20/h5-6,8,10,13H,3-4,7,9,11-12H2,1-2H3,(H,21,22,23). The van der Waals surface area contributed by atoms with Crippen LogP contribution in [0.2, 0.25) is 10.0 Å². The summed E-state index contributed by atoms with van der Waals surface area (Å²) in [5.41, 5.74) is 1.06. The number of nitrogens with zero attached hydrogens (tertiary/aromatic N) is 3. The number of anilines is 2. The molecule has 1 N–H and O–H groups in total. The SMILES string of the molecule is CCCN(CCC)c1ccnc(NCCc2ccc(Cl)cc2Cl)n1. The topological polar surface area (TPSA) is 41.1 Å². The van der Waals surface area contributed by atoms with Crippen molar-refractivity contribution in [3.63, 3.8) is 0 Å². The van der Waals surface area contributed by atoms with Gasteiger partial charge in [0, 0.05) is 35.9 Å². The van der Waals surface area contributed by atoms with E-state index < -0.39 is 0 Å². The highest BCUT2D eigenvalue weighted by molar-refractivity contribution is 6.35. The molecule has 0 radical (unpaired) electrons. The number of nitrogens with one attached hydrogen (secondary N) is 1. The number of hydrogen-bond donors (Lipinski definition) is 1. The molecule has 4 nitrogen and oxygen atoms in total. The van der Waals surface area contributed by atoms with E-state index >= 15 is 0 Å². The largest absolute Gasteiger partial charge is 0.356 e. The molecular formula is C18H24Cl2N4. The third-order valence-electron chi connectivity index (χ3n) is 3.64. The fourth-order valence-electron chi connectivity index (χ4n) is 2.52. The first-order valence-electron chi connectivity index (χ1n) is 8.39. The zero-order chi connectivity index (χ0) is 17.4. The molecular weight excluding hydrogens is 343 g/mol. The number of rotatable bonds is 9. The Morgan fingerprint density at radius 1 is 1.08 bits per heavy atom. The lowest BCUT2D eigenvalue weighted by molar-refractivity contribution is 0.733. The van der Waals surface area contributed by atoms with E-state index in [1.807, 2.05) is 18.2 Å². The second kappa shape index (κ2) is 9.70. The van der Waals surface area contributed by atoms with Crippen molar-refractivity contribution in [2.75, 3.05) is 29.9 Å². The van der Waals surface area contributed by atoms with Crippen LogP contribution in [-0.4, -0.2) is 29.6 Å². The molecule has 0 spiro atoms. The smallest absolute Gasteiger partial charge is 0.224 e. The molecule has 6 heteroatoms. The van der Waals surface area contributed by atoms with Gasteiger partial charge in [-0.3, -0.25) is 0 Å². The van der Waals surface area contributed by atoms with Crippen LogP contribution in [-0.2, 0) is 6.42 Å². The summed E-state index contributed by atoms with van der Waals surface area (Å²) in [4.78, 5) is 11.2. The second-order valence-electron chi connectivity index (χ2n) is 5.64. The minimum absolute atomic E-state index is 0.648. The van der Waals surface area contributed by atoms with Crippen molar-refractivity contribution < 1.29 is 0 Å². The van der Waals surface area contributed by atoms with Gasteiger partial charge in [0.25, 0.3) is 0 Å². The van der Waals surface area contributed by atoms with Crippen molar-refractivity contribution >= 4 is 35.0 Å². The summed E-state index contributed by atoms with van der Waals surface area (Å²) in [7, 11) is 0. The number of aromatic nitrogens is 2. The van der Waals surface area contributed by atoms with Gasteiger partial charge in [0.2, 0.25) is 5.95 Å². The van der Waals surface area contributed by atoms with E-state index in [0.29, 0.717) is 22.5 Å². The highest BCUT2D eigenvalue weighted by atomic mass is 35.5. The van der Waals surface area contributed by atoms with E-state index in [9.17, 15) is 0 Å². The lowest BCUT2D eigenvalue weighted by Crippen LogP contribution is -2.26. The summed E-state index contributed by atoms with van der Waals surface area (Å²) < 4.78 is 0. The number of benzene rings is 1. The maximum Gasteiger partial charge on any atom is 0.224 e. The van der Waals surface area contributed by atoms with Crippen LogP contribution in [0.3, 0.4) is 0 Å². The number of hydrogen-bond acceptors (Lipinski definition) is 4. The van der Waals surface area contributed by atoms with Crippen LogP contribution in [0.25, 0.3) is 0 Å². The lowest BCUT2D eigenvalue weighted by atomic mass is 10.1.